The van der Waals surface area contributed by atoms with E-state index >= 15 is 0 Å². The molecule has 11 nitrogen and oxygen atoms in total. The number of halogens is 2. The molecule has 1 aliphatic rings. The molecule has 37 heavy (non-hydrogen) atoms. The van der Waals surface area contributed by atoms with E-state index in [1.807, 2.05) is 0 Å². The fraction of sp³-hybridized carbons (Fsp3) is 0.417. The molecule has 1 aromatic carbocycles. The molecular formula is C24H26ClFN6O5. The van der Waals surface area contributed by atoms with E-state index in [-0.39, 0.29) is 17.4 Å². The van der Waals surface area contributed by atoms with Gasteiger partial charge in [-0.2, -0.15) is 4.80 Å². The lowest BCUT2D eigenvalue weighted by Crippen LogP contribution is -2.49. The molecule has 1 N–H and O–H groups in total. The molecule has 1 unspecified atom stereocenters. The Labute approximate surface area is 217 Å². The van der Waals surface area contributed by atoms with Crippen molar-refractivity contribution in [3.05, 3.63) is 47.4 Å². The first-order valence-corrected chi connectivity index (χ1v) is 11.8. The maximum Gasteiger partial charge on any atom is 0.407 e. The van der Waals surface area contributed by atoms with E-state index in [1.165, 1.54) is 18.1 Å². The highest BCUT2D eigenvalue weighted by Gasteiger charge is 2.58. The van der Waals surface area contributed by atoms with E-state index in [1.54, 1.807) is 45.0 Å². The van der Waals surface area contributed by atoms with E-state index in [0.29, 0.717) is 30.0 Å². The number of amides is 1. The standard InChI is InChI=1S/C24H26ClFN6O5/c1-23(2,3)37-22(34)28-18(24(9-10-24)21(33)35-4)13-32-30-19(29-31-32)14-5-7-16(8-6-14)36-20-17(26)11-15(25)12-27-20/h5-8,11-12,18H,9-10,13H2,1-4H3,(H,28,34). The first-order chi connectivity index (χ1) is 17.5. The van der Waals surface area contributed by atoms with Crippen LogP contribution >= 0.6 is 11.6 Å². The van der Waals surface area contributed by atoms with Crippen molar-refractivity contribution in [2.24, 2.45) is 5.41 Å². The van der Waals surface area contributed by atoms with Crippen molar-refractivity contribution in [2.45, 2.75) is 51.8 Å². The molecule has 1 atom stereocenters. The molecule has 0 aliphatic heterocycles. The number of ether oxygens (including phenoxy) is 3. The smallest absolute Gasteiger partial charge is 0.407 e. The highest BCUT2D eigenvalue weighted by molar-refractivity contribution is 6.30. The molecule has 1 saturated carbocycles. The molecule has 3 aromatic rings. The predicted molar refractivity (Wildman–Crippen MR) is 129 cm³/mol. The zero-order valence-electron chi connectivity index (χ0n) is 20.7. The van der Waals surface area contributed by atoms with Crippen molar-refractivity contribution in [3.63, 3.8) is 0 Å². The number of aromatic nitrogens is 5. The Kier molecular flexibility index (Phi) is 7.30. The van der Waals surface area contributed by atoms with Crippen LogP contribution in [0.2, 0.25) is 5.02 Å². The molecule has 2 aromatic heterocycles. The van der Waals surface area contributed by atoms with Crippen molar-refractivity contribution in [2.75, 3.05) is 7.11 Å². The Morgan fingerprint density at radius 2 is 1.95 bits per heavy atom. The number of nitrogens with one attached hydrogen (secondary N) is 1. The molecule has 0 saturated heterocycles. The van der Waals surface area contributed by atoms with Crippen molar-refractivity contribution in [3.8, 4) is 23.0 Å². The molecule has 13 heteroatoms. The van der Waals surface area contributed by atoms with Gasteiger partial charge in [0.1, 0.15) is 11.4 Å². The highest BCUT2D eigenvalue weighted by Crippen LogP contribution is 2.50. The minimum absolute atomic E-state index is 0.0735. The summed E-state index contributed by atoms with van der Waals surface area (Å²) in [4.78, 5) is 30.1. The highest BCUT2D eigenvalue weighted by atomic mass is 35.5. The van der Waals surface area contributed by atoms with E-state index < -0.39 is 34.9 Å². The number of carbonyl (C=O) groups is 2. The number of hydrogen-bond acceptors (Lipinski definition) is 9. The zero-order valence-corrected chi connectivity index (χ0v) is 21.5. The fourth-order valence-corrected chi connectivity index (χ4v) is 3.85. The van der Waals surface area contributed by atoms with Gasteiger partial charge in [-0.3, -0.25) is 4.79 Å². The molecule has 196 valence electrons. The number of methoxy groups -OCH3 is 1. The van der Waals surface area contributed by atoms with Gasteiger partial charge in [0.15, 0.2) is 5.82 Å². The summed E-state index contributed by atoms with van der Waals surface area (Å²) in [5, 5.41) is 15.5. The van der Waals surface area contributed by atoms with Gasteiger partial charge in [0.2, 0.25) is 5.82 Å². The van der Waals surface area contributed by atoms with Gasteiger partial charge in [-0.1, -0.05) is 11.6 Å². The quantitative estimate of drug-likeness (QED) is 0.425. The summed E-state index contributed by atoms with van der Waals surface area (Å²) in [6.07, 6.45) is 1.72. The largest absolute Gasteiger partial charge is 0.469 e. The second-order valence-electron chi connectivity index (χ2n) is 9.58. The van der Waals surface area contributed by atoms with Gasteiger partial charge in [-0.25, -0.2) is 14.2 Å². The van der Waals surface area contributed by atoms with Gasteiger partial charge >= 0.3 is 12.1 Å². The normalized spacial score (nSPS) is 15.0. The first kappa shape index (κ1) is 26.3. The summed E-state index contributed by atoms with van der Waals surface area (Å²) < 4.78 is 29.7. The van der Waals surface area contributed by atoms with E-state index in [2.05, 4.69) is 25.7 Å². The van der Waals surface area contributed by atoms with E-state index in [9.17, 15) is 14.0 Å². The van der Waals surface area contributed by atoms with Crippen LogP contribution in [0.4, 0.5) is 9.18 Å². The lowest BCUT2D eigenvalue weighted by molar-refractivity contribution is -0.148. The topological polar surface area (TPSA) is 130 Å². The van der Waals surface area contributed by atoms with Gasteiger partial charge in [-0.15, -0.1) is 10.2 Å². The second-order valence-corrected chi connectivity index (χ2v) is 10.0. The predicted octanol–water partition coefficient (Wildman–Crippen LogP) is 4.17. The third-order valence-corrected chi connectivity index (χ3v) is 5.85. The van der Waals surface area contributed by atoms with Crippen LogP contribution in [-0.4, -0.2) is 56.0 Å². The number of alkyl carbamates (subject to hydrolysis) is 1. The zero-order chi connectivity index (χ0) is 26.8. The molecule has 1 aliphatic carbocycles. The van der Waals surface area contributed by atoms with Gasteiger partial charge < -0.3 is 19.5 Å². The minimum Gasteiger partial charge on any atom is -0.469 e. The monoisotopic (exact) mass is 532 g/mol. The van der Waals surface area contributed by atoms with E-state index in [0.717, 1.165) is 6.07 Å². The Morgan fingerprint density at radius 1 is 1.24 bits per heavy atom. The van der Waals surface area contributed by atoms with Crippen LogP contribution in [0.3, 0.4) is 0 Å². The Hall–Kier alpha value is -3.80. The van der Waals surface area contributed by atoms with Crippen molar-refractivity contribution in [1.29, 1.82) is 0 Å². The summed E-state index contributed by atoms with van der Waals surface area (Å²) in [6, 6.07) is 7.01. The molecule has 1 fully saturated rings. The summed E-state index contributed by atoms with van der Waals surface area (Å²) >= 11 is 5.71. The van der Waals surface area contributed by atoms with Crippen LogP contribution in [0.25, 0.3) is 11.4 Å². The third-order valence-electron chi connectivity index (χ3n) is 5.64. The van der Waals surface area contributed by atoms with Crippen molar-refractivity contribution in [1.82, 2.24) is 30.5 Å². The summed E-state index contributed by atoms with van der Waals surface area (Å²) in [5.41, 5.74) is -0.974. The van der Waals surface area contributed by atoms with Gasteiger partial charge in [0, 0.05) is 11.8 Å². The average Bonchev–Trinajstić information content (AvgIpc) is 3.51. The number of esters is 1. The molecule has 1 amide bonds. The first-order valence-electron chi connectivity index (χ1n) is 11.4. The van der Waals surface area contributed by atoms with Gasteiger partial charge in [-0.05, 0) is 69.2 Å². The lowest BCUT2D eigenvalue weighted by atomic mass is 9.96. The van der Waals surface area contributed by atoms with E-state index in [4.69, 9.17) is 25.8 Å². The number of benzene rings is 1. The number of carbonyl (C=O) groups excluding carboxylic acids is 2. The van der Waals surface area contributed by atoms with Crippen LogP contribution in [0.15, 0.2) is 36.5 Å². The maximum atomic E-state index is 13.9. The lowest BCUT2D eigenvalue weighted by Gasteiger charge is -2.27. The SMILES string of the molecule is COC(=O)C1(C(Cn2nnc(-c3ccc(Oc4ncc(Cl)cc4F)cc3)n2)NC(=O)OC(C)(C)C)CC1. The Balaban J connectivity index is 1.47. The molecule has 0 spiro atoms. The fourth-order valence-electron chi connectivity index (χ4n) is 3.70. The van der Waals surface area contributed by atoms with Crippen LogP contribution in [0, 0.1) is 11.2 Å². The molecule has 0 bridgehead atoms. The van der Waals surface area contributed by atoms with Gasteiger partial charge in [0.25, 0.3) is 5.88 Å². The van der Waals surface area contributed by atoms with Crippen LogP contribution in [0.1, 0.15) is 33.6 Å². The van der Waals surface area contributed by atoms with Crippen LogP contribution in [-0.2, 0) is 20.8 Å². The number of hydrogen-bond donors (Lipinski definition) is 1. The molecule has 0 radical (unpaired) electrons. The van der Waals surface area contributed by atoms with Gasteiger partial charge in [0.05, 0.1) is 30.1 Å². The molecule has 2 heterocycles. The third kappa shape index (κ3) is 6.31. The maximum absolute atomic E-state index is 13.9. The Morgan fingerprint density at radius 3 is 2.54 bits per heavy atom. The number of rotatable bonds is 8. The van der Waals surface area contributed by atoms with Crippen molar-refractivity contribution >= 4 is 23.7 Å². The molecule has 4 rings (SSSR count). The summed E-state index contributed by atoms with van der Waals surface area (Å²) in [7, 11) is 1.31. The van der Waals surface area contributed by atoms with Crippen LogP contribution in [0.5, 0.6) is 11.6 Å². The average molecular weight is 533 g/mol. The van der Waals surface area contributed by atoms with Crippen molar-refractivity contribution < 1.29 is 28.2 Å². The summed E-state index contributed by atoms with van der Waals surface area (Å²) in [5.74, 6) is -0.655. The number of nitrogens with zero attached hydrogens (tertiary/aromatic N) is 5. The summed E-state index contributed by atoms with van der Waals surface area (Å²) in [6.45, 7) is 5.32. The number of tetrazole rings is 1. The molecular weight excluding hydrogens is 507 g/mol. The second kappa shape index (κ2) is 10.3. The Bertz CT molecular complexity index is 1290. The number of pyridine rings is 1. The van der Waals surface area contributed by atoms with Crippen LogP contribution < -0.4 is 10.1 Å². The minimum atomic E-state index is -0.886.